The number of hydrogen-bond donors (Lipinski definition) is 0. The highest BCUT2D eigenvalue weighted by atomic mass is 79.9. The summed E-state index contributed by atoms with van der Waals surface area (Å²) < 4.78 is 31.8. The maximum absolute atomic E-state index is 13.3. The van der Waals surface area contributed by atoms with Gasteiger partial charge in [0.05, 0.1) is 9.50 Å². The predicted octanol–water partition coefficient (Wildman–Crippen LogP) is 4.57. The fourth-order valence-electron chi connectivity index (χ4n) is 1.65. The molecule has 110 valence electrons. The zero-order chi connectivity index (χ0) is 15.4. The van der Waals surface area contributed by atoms with Crippen molar-refractivity contribution in [2.45, 2.75) is 6.42 Å². The second-order valence-electron chi connectivity index (χ2n) is 4.33. The first-order chi connectivity index (χ1) is 9.95. The SMILES string of the molecule is O=C(COc1cc(F)c(Cl)cc1Br)Cc1ccc(F)cc1. The summed E-state index contributed by atoms with van der Waals surface area (Å²) in [6.07, 6.45) is 0.119. The third-order valence-corrected chi connectivity index (χ3v) is 3.59. The molecule has 0 radical (unpaired) electrons. The Balaban J connectivity index is 1.95. The Morgan fingerprint density at radius 3 is 2.52 bits per heavy atom. The summed E-state index contributed by atoms with van der Waals surface area (Å²) in [5.74, 6) is -0.989. The molecule has 0 saturated carbocycles. The first kappa shape index (κ1) is 15.9. The second kappa shape index (κ2) is 7.00. The van der Waals surface area contributed by atoms with E-state index in [-0.39, 0.29) is 35.4 Å². The first-order valence-electron chi connectivity index (χ1n) is 5.99. The van der Waals surface area contributed by atoms with Gasteiger partial charge in [-0.15, -0.1) is 0 Å². The Morgan fingerprint density at radius 1 is 1.19 bits per heavy atom. The van der Waals surface area contributed by atoms with Crippen LogP contribution in [0.1, 0.15) is 5.56 Å². The molecular formula is C15H10BrClF2O2. The Labute approximate surface area is 133 Å². The molecule has 0 N–H and O–H groups in total. The number of benzene rings is 2. The molecular weight excluding hydrogens is 366 g/mol. The maximum Gasteiger partial charge on any atom is 0.174 e. The normalized spacial score (nSPS) is 10.5. The van der Waals surface area contributed by atoms with E-state index in [0.29, 0.717) is 10.0 Å². The topological polar surface area (TPSA) is 26.3 Å². The van der Waals surface area contributed by atoms with Crippen LogP contribution in [-0.2, 0) is 11.2 Å². The van der Waals surface area contributed by atoms with Crippen LogP contribution in [0.25, 0.3) is 0 Å². The molecule has 0 spiro atoms. The minimum absolute atomic E-state index is 0.0353. The van der Waals surface area contributed by atoms with E-state index in [2.05, 4.69) is 15.9 Å². The average Bonchev–Trinajstić information content (AvgIpc) is 2.44. The van der Waals surface area contributed by atoms with Crippen LogP contribution in [0.2, 0.25) is 5.02 Å². The van der Waals surface area contributed by atoms with Gasteiger partial charge in [0.15, 0.2) is 5.78 Å². The number of ketones is 1. The van der Waals surface area contributed by atoms with Crippen molar-refractivity contribution >= 4 is 33.3 Å². The molecule has 0 saturated heterocycles. The molecule has 6 heteroatoms. The molecule has 0 atom stereocenters. The fraction of sp³-hybridized carbons (Fsp3) is 0.133. The highest BCUT2D eigenvalue weighted by Crippen LogP contribution is 2.30. The molecule has 0 fully saturated rings. The third-order valence-electron chi connectivity index (χ3n) is 2.68. The van der Waals surface area contributed by atoms with Gasteiger partial charge in [0.2, 0.25) is 0 Å². The molecule has 2 rings (SSSR count). The molecule has 0 amide bonds. The van der Waals surface area contributed by atoms with E-state index < -0.39 is 5.82 Å². The van der Waals surface area contributed by atoms with Gasteiger partial charge in [-0.1, -0.05) is 23.7 Å². The van der Waals surface area contributed by atoms with Gasteiger partial charge >= 0.3 is 0 Å². The zero-order valence-corrected chi connectivity index (χ0v) is 13.0. The summed E-state index contributed by atoms with van der Waals surface area (Å²) in [5, 5.41) is -0.0353. The van der Waals surface area contributed by atoms with Gasteiger partial charge in [0.25, 0.3) is 0 Å². The van der Waals surface area contributed by atoms with Crippen molar-refractivity contribution in [2.75, 3.05) is 6.61 Å². The third kappa shape index (κ3) is 4.51. The van der Waals surface area contributed by atoms with Crippen LogP contribution in [-0.4, -0.2) is 12.4 Å². The van der Waals surface area contributed by atoms with Crippen LogP contribution in [0.15, 0.2) is 40.9 Å². The fourth-order valence-corrected chi connectivity index (χ4v) is 2.41. The molecule has 2 aromatic carbocycles. The summed E-state index contributed by atoms with van der Waals surface area (Å²) in [6.45, 7) is -0.211. The van der Waals surface area contributed by atoms with E-state index in [0.717, 1.165) is 6.07 Å². The number of Topliss-reactive ketones (excluding diaryl/α,β-unsaturated/α-hetero) is 1. The lowest BCUT2D eigenvalue weighted by molar-refractivity contribution is -0.120. The van der Waals surface area contributed by atoms with E-state index >= 15 is 0 Å². The number of halogens is 4. The average molecular weight is 376 g/mol. The van der Waals surface area contributed by atoms with Crippen molar-refractivity contribution in [1.82, 2.24) is 0 Å². The number of ether oxygens (including phenoxy) is 1. The number of rotatable bonds is 5. The molecule has 0 aliphatic carbocycles. The lowest BCUT2D eigenvalue weighted by atomic mass is 10.1. The molecule has 21 heavy (non-hydrogen) atoms. The monoisotopic (exact) mass is 374 g/mol. The van der Waals surface area contributed by atoms with Crippen molar-refractivity contribution < 1.29 is 18.3 Å². The van der Waals surface area contributed by atoms with Crippen molar-refractivity contribution in [3.05, 3.63) is 63.1 Å². The van der Waals surface area contributed by atoms with Gasteiger partial charge in [-0.3, -0.25) is 4.79 Å². The quantitative estimate of drug-likeness (QED) is 0.716. The Bertz CT molecular complexity index is 659. The first-order valence-corrected chi connectivity index (χ1v) is 7.16. The van der Waals surface area contributed by atoms with Gasteiger partial charge in [-0.2, -0.15) is 0 Å². The number of hydrogen-bond acceptors (Lipinski definition) is 2. The van der Waals surface area contributed by atoms with Gasteiger partial charge in [0.1, 0.15) is 24.0 Å². The number of carbonyl (C=O) groups excluding carboxylic acids is 1. The van der Waals surface area contributed by atoms with Crippen molar-refractivity contribution in [1.29, 1.82) is 0 Å². The van der Waals surface area contributed by atoms with Gasteiger partial charge < -0.3 is 4.74 Å². The molecule has 0 heterocycles. The minimum atomic E-state index is -0.624. The predicted molar refractivity (Wildman–Crippen MR) is 79.7 cm³/mol. The molecule has 0 unspecified atom stereocenters. The van der Waals surface area contributed by atoms with Gasteiger partial charge in [0, 0.05) is 12.5 Å². The standard InChI is InChI=1S/C15H10BrClF2O2/c16-12-6-13(17)14(19)7-15(12)21-8-11(20)5-9-1-3-10(18)4-2-9/h1-4,6-7H,5,8H2. The van der Waals surface area contributed by atoms with E-state index in [4.69, 9.17) is 16.3 Å². The van der Waals surface area contributed by atoms with E-state index in [1.165, 1.54) is 30.3 Å². The maximum atomic E-state index is 13.3. The van der Waals surface area contributed by atoms with Crippen LogP contribution < -0.4 is 4.74 Å². The second-order valence-corrected chi connectivity index (χ2v) is 5.59. The zero-order valence-electron chi connectivity index (χ0n) is 10.7. The van der Waals surface area contributed by atoms with Crippen LogP contribution in [0.3, 0.4) is 0 Å². The van der Waals surface area contributed by atoms with E-state index in [1.807, 2.05) is 0 Å². The Kier molecular flexibility index (Phi) is 5.31. The van der Waals surface area contributed by atoms with Crippen LogP contribution in [0, 0.1) is 11.6 Å². The molecule has 0 aromatic heterocycles. The van der Waals surface area contributed by atoms with Crippen LogP contribution in [0.5, 0.6) is 5.75 Å². The highest BCUT2D eigenvalue weighted by Gasteiger charge is 2.10. The smallest absolute Gasteiger partial charge is 0.174 e. The minimum Gasteiger partial charge on any atom is -0.485 e. The summed E-state index contributed by atoms with van der Waals surface area (Å²) in [5.41, 5.74) is 0.686. The molecule has 2 aromatic rings. The van der Waals surface area contributed by atoms with E-state index in [1.54, 1.807) is 0 Å². The van der Waals surface area contributed by atoms with Crippen molar-refractivity contribution in [3.8, 4) is 5.75 Å². The van der Waals surface area contributed by atoms with Gasteiger partial charge in [-0.25, -0.2) is 8.78 Å². The van der Waals surface area contributed by atoms with E-state index in [9.17, 15) is 13.6 Å². The number of carbonyl (C=O) groups is 1. The summed E-state index contributed by atoms with van der Waals surface area (Å²) in [6, 6.07) is 8.10. The largest absolute Gasteiger partial charge is 0.485 e. The molecule has 2 nitrogen and oxygen atoms in total. The Morgan fingerprint density at radius 2 is 1.86 bits per heavy atom. The molecule has 0 aliphatic heterocycles. The molecule has 0 aliphatic rings. The van der Waals surface area contributed by atoms with Crippen molar-refractivity contribution in [2.24, 2.45) is 0 Å². The summed E-state index contributed by atoms with van der Waals surface area (Å²) in [7, 11) is 0. The highest BCUT2D eigenvalue weighted by molar-refractivity contribution is 9.10. The Hall–Kier alpha value is -1.46. The van der Waals surface area contributed by atoms with Crippen LogP contribution >= 0.6 is 27.5 Å². The lowest BCUT2D eigenvalue weighted by Gasteiger charge is -2.08. The van der Waals surface area contributed by atoms with Crippen molar-refractivity contribution in [3.63, 3.8) is 0 Å². The lowest BCUT2D eigenvalue weighted by Crippen LogP contribution is -2.14. The molecule has 0 bridgehead atoms. The van der Waals surface area contributed by atoms with Crippen LogP contribution in [0.4, 0.5) is 8.78 Å². The van der Waals surface area contributed by atoms with Gasteiger partial charge in [-0.05, 0) is 39.7 Å². The summed E-state index contributed by atoms with van der Waals surface area (Å²) in [4.78, 5) is 11.8. The summed E-state index contributed by atoms with van der Waals surface area (Å²) >= 11 is 8.79.